The molecule has 0 atom stereocenters. The third-order valence-corrected chi connectivity index (χ3v) is 12.1. The van der Waals surface area contributed by atoms with E-state index in [1.807, 2.05) is 36.4 Å². The Labute approximate surface area is 352 Å². The molecule has 2 saturated heterocycles. The third-order valence-electron chi connectivity index (χ3n) is 11.6. The number of H-pyrrole nitrogens is 2. The van der Waals surface area contributed by atoms with Crippen LogP contribution < -0.4 is 20.4 Å². The van der Waals surface area contributed by atoms with Gasteiger partial charge in [-0.25, -0.2) is 0 Å². The van der Waals surface area contributed by atoms with Crippen molar-refractivity contribution >= 4 is 68.2 Å². The van der Waals surface area contributed by atoms with Crippen molar-refractivity contribution in [2.75, 3.05) is 49.1 Å². The van der Waals surface area contributed by atoms with Gasteiger partial charge in [-0.1, -0.05) is 61.3 Å². The number of aryl methyl sites for hydroxylation is 2. The molecule has 2 aliphatic heterocycles. The number of rotatable bonds is 12. The van der Waals surface area contributed by atoms with Crippen molar-refractivity contribution in [1.82, 2.24) is 20.6 Å². The van der Waals surface area contributed by atoms with Crippen LogP contribution in [0.1, 0.15) is 95.6 Å². The van der Waals surface area contributed by atoms with Crippen molar-refractivity contribution in [1.29, 1.82) is 0 Å². The quantitative estimate of drug-likeness (QED) is 0.0989. The van der Waals surface area contributed by atoms with Crippen LogP contribution in [-0.2, 0) is 25.7 Å². The zero-order valence-corrected chi connectivity index (χ0v) is 35.4. The maximum atomic E-state index is 12.7. The molecule has 2 aromatic heterocycles. The number of fused-ring (bicyclic) bond motifs is 2. The lowest BCUT2D eigenvalue weighted by atomic mass is 10.1. The lowest BCUT2D eigenvalue weighted by molar-refractivity contribution is 0.0941. The monoisotopic (exact) mass is 818 g/mol. The van der Waals surface area contributed by atoms with E-state index in [2.05, 4.69) is 92.8 Å². The van der Waals surface area contributed by atoms with E-state index in [0.29, 0.717) is 34.5 Å². The second-order valence-corrected chi connectivity index (χ2v) is 16.4. The Bertz CT molecular complexity index is 2140. The molecule has 2 aliphatic rings. The van der Waals surface area contributed by atoms with Gasteiger partial charge in [-0.2, -0.15) is 0 Å². The molecule has 4 aromatic carbocycles. The Morgan fingerprint density at radius 3 is 1.29 bits per heavy atom. The number of nitrogens with zero attached hydrogens (tertiary/aromatic N) is 2. The number of carbonyl (C=O) groups is 2. The van der Waals surface area contributed by atoms with E-state index in [9.17, 15) is 9.59 Å². The Morgan fingerprint density at radius 2 is 0.931 bits per heavy atom. The number of piperidine rings is 2. The summed E-state index contributed by atoms with van der Waals surface area (Å²) in [7, 11) is 0. The van der Waals surface area contributed by atoms with Gasteiger partial charge in [0, 0.05) is 82.5 Å². The molecule has 0 bridgehead atoms. The lowest BCUT2D eigenvalue weighted by Crippen LogP contribution is -2.29. The van der Waals surface area contributed by atoms with Crippen LogP contribution in [0.5, 0.6) is 0 Å². The number of hydrogen-bond donors (Lipinski definition) is 4. The first-order valence-corrected chi connectivity index (χ1v) is 21.9. The average molecular weight is 820 g/mol. The predicted octanol–water partition coefficient (Wildman–Crippen LogP) is 10.7. The summed E-state index contributed by atoms with van der Waals surface area (Å²) in [5.41, 5.74) is 10.3. The maximum absolute atomic E-state index is 12.7. The number of amides is 2. The first-order chi connectivity index (χ1) is 28.3. The Hall–Kier alpha value is -4.92. The molecule has 0 aliphatic carbocycles. The second-order valence-electron chi connectivity index (χ2n) is 15.5. The van der Waals surface area contributed by atoms with E-state index in [-0.39, 0.29) is 11.8 Å². The van der Waals surface area contributed by atoms with Gasteiger partial charge in [0.25, 0.3) is 11.8 Å². The fraction of sp³-hybridized carbons (Fsp3) is 0.375. The number of benzene rings is 4. The van der Waals surface area contributed by atoms with Gasteiger partial charge in [0.1, 0.15) is 11.4 Å². The molecular formula is C48H56Cl2N6O2. The Morgan fingerprint density at radius 1 is 0.552 bits per heavy atom. The van der Waals surface area contributed by atoms with E-state index < -0.39 is 0 Å². The zero-order valence-electron chi connectivity index (χ0n) is 33.9. The molecule has 10 heteroatoms. The van der Waals surface area contributed by atoms with Crippen LogP contribution in [0.3, 0.4) is 0 Å². The van der Waals surface area contributed by atoms with Crippen LogP contribution in [0.15, 0.2) is 84.9 Å². The summed E-state index contributed by atoms with van der Waals surface area (Å²) >= 11 is 12.3. The third kappa shape index (κ3) is 10.0. The van der Waals surface area contributed by atoms with Crippen LogP contribution >= 0.6 is 23.2 Å². The molecule has 2 fully saturated rings. The van der Waals surface area contributed by atoms with Crippen LogP contribution in [0.25, 0.3) is 21.8 Å². The molecule has 2 amide bonds. The minimum Gasteiger partial charge on any atom is -0.372 e. The number of aromatic nitrogens is 2. The fourth-order valence-corrected chi connectivity index (χ4v) is 8.77. The van der Waals surface area contributed by atoms with E-state index >= 15 is 0 Å². The van der Waals surface area contributed by atoms with Crippen molar-refractivity contribution in [3.05, 3.63) is 129 Å². The lowest BCUT2D eigenvalue weighted by Gasteiger charge is -2.28. The smallest absolute Gasteiger partial charge is 0.268 e. The summed E-state index contributed by atoms with van der Waals surface area (Å²) in [5.74, 6) is -0.113. The summed E-state index contributed by atoms with van der Waals surface area (Å²) in [6, 6.07) is 28.9. The van der Waals surface area contributed by atoms with Crippen molar-refractivity contribution in [3.8, 4) is 0 Å². The first-order valence-electron chi connectivity index (χ1n) is 21.2. The topological polar surface area (TPSA) is 96.3 Å². The molecule has 0 unspecified atom stereocenters. The molecule has 8 nitrogen and oxygen atoms in total. The van der Waals surface area contributed by atoms with Gasteiger partial charge in [0.15, 0.2) is 0 Å². The van der Waals surface area contributed by atoms with E-state index in [1.54, 1.807) is 0 Å². The van der Waals surface area contributed by atoms with Gasteiger partial charge in [0.05, 0.1) is 0 Å². The molecule has 4 N–H and O–H groups in total. The van der Waals surface area contributed by atoms with E-state index in [4.69, 9.17) is 23.2 Å². The van der Waals surface area contributed by atoms with E-state index in [0.717, 1.165) is 84.8 Å². The highest BCUT2D eigenvalue weighted by Crippen LogP contribution is 2.28. The van der Waals surface area contributed by atoms with Crippen LogP contribution in [0.4, 0.5) is 11.4 Å². The van der Waals surface area contributed by atoms with Crippen LogP contribution in [0.2, 0.25) is 10.0 Å². The molecule has 0 saturated carbocycles. The minimum atomic E-state index is -0.0564. The molecule has 0 radical (unpaired) electrons. The molecule has 58 heavy (non-hydrogen) atoms. The Balaban J connectivity index is 0.000000177. The van der Waals surface area contributed by atoms with E-state index in [1.165, 1.54) is 61.0 Å². The van der Waals surface area contributed by atoms with Gasteiger partial charge < -0.3 is 30.4 Å². The average Bonchev–Trinajstić information content (AvgIpc) is 3.82. The maximum Gasteiger partial charge on any atom is 0.268 e. The van der Waals surface area contributed by atoms with Gasteiger partial charge in [-0.15, -0.1) is 0 Å². The summed E-state index contributed by atoms with van der Waals surface area (Å²) < 4.78 is 0. The van der Waals surface area contributed by atoms with Crippen LogP contribution in [-0.4, -0.2) is 61.1 Å². The fourth-order valence-electron chi connectivity index (χ4n) is 8.43. The molecular weight excluding hydrogens is 763 g/mol. The summed E-state index contributed by atoms with van der Waals surface area (Å²) in [5, 5.41) is 9.55. The van der Waals surface area contributed by atoms with Gasteiger partial charge in [-0.05, 0) is 147 Å². The molecule has 304 valence electrons. The number of carbonyl (C=O) groups excluding carboxylic acids is 2. The van der Waals surface area contributed by atoms with Gasteiger partial charge >= 0.3 is 0 Å². The summed E-state index contributed by atoms with van der Waals surface area (Å²) in [6.45, 7) is 9.97. The summed E-state index contributed by atoms with van der Waals surface area (Å²) in [6.07, 6.45) is 11.0. The van der Waals surface area contributed by atoms with Gasteiger partial charge in [-0.3, -0.25) is 9.59 Å². The van der Waals surface area contributed by atoms with Crippen molar-refractivity contribution in [2.45, 2.75) is 78.1 Å². The van der Waals surface area contributed by atoms with Crippen molar-refractivity contribution in [3.63, 3.8) is 0 Å². The first kappa shape index (κ1) is 41.2. The predicted molar refractivity (Wildman–Crippen MR) is 242 cm³/mol. The second kappa shape index (κ2) is 19.7. The number of nitrogens with one attached hydrogen (secondary N) is 4. The van der Waals surface area contributed by atoms with Gasteiger partial charge in [0.2, 0.25) is 0 Å². The van der Waals surface area contributed by atoms with Crippen LogP contribution in [0, 0.1) is 0 Å². The molecule has 6 aromatic rings. The number of hydrogen-bond acceptors (Lipinski definition) is 4. The molecule has 4 heterocycles. The SMILES string of the molecule is CCc1c(C(=O)NCCc2ccc(N3CCCCC3)cc2)[nH]c2ccc(Cl)cc12.CCc1c(C(=O)NCCc2ccc(N3CCCCC3)cc2)[nH]c2ccc(Cl)cc12. The molecule has 8 rings (SSSR count). The minimum absolute atomic E-state index is 0.0564. The number of halogens is 2. The highest BCUT2D eigenvalue weighted by molar-refractivity contribution is 6.31. The number of aromatic amines is 2. The molecule has 0 spiro atoms. The number of anilines is 2. The standard InChI is InChI=1S/2C24H28ClN3O/c2*1-2-20-21-16-18(25)8-11-22(21)27-23(20)24(29)26-13-12-17-6-9-19(10-7-17)28-14-4-3-5-15-28/h2*6-11,16,27H,2-5,12-15H2,1H3,(H,26,29). The van der Waals surface area contributed by atoms with Crippen molar-refractivity contribution < 1.29 is 9.59 Å². The largest absolute Gasteiger partial charge is 0.372 e. The highest BCUT2D eigenvalue weighted by atomic mass is 35.5. The Kier molecular flexibility index (Phi) is 14.0. The van der Waals surface area contributed by atoms with Crippen molar-refractivity contribution in [2.24, 2.45) is 0 Å². The highest BCUT2D eigenvalue weighted by Gasteiger charge is 2.19. The normalized spacial score (nSPS) is 14.3. The summed E-state index contributed by atoms with van der Waals surface area (Å²) in [4.78, 5) is 36.9. The zero-order chi connectivity index (χ0) is 40.4.